The largest absolute Gasteiger partial charge is 0.507 e. The van der Waals surface area contributed by atoms with Gasteiger partial charge in [0.2, 0.25) is 0 Å². The third kappa shape index (κ3) is 3.13. The van der Waals surface area contributed by atoms with E-state index in [4.69, 9.17) is 37.6 Å². The Morgan fingerprint density at radius 2 is 2.48 bits per heavy atom. The molecule has 0 saturated carbocycles. The number of fused-ring (bicyclic) bond motifs is 3. The van der Waals surface area contributed by atoms with E-state index < -0.39 is 123 Å². The van der Waals surface area contributed by atoms with Crippen LogP contribution in [0.15, 0.2) is 23.7 Å². The number of ether oxygens (including phenoxy) is 1. The minimum absolute atomic E-state index is 0.102. The Bertz CT molecular complexity index is 1540. The van der Waals surface area contributed by atoms with E-state index in [9.17, 15) is 7.85 Å². The summed E-state index contributed by atoms with van der Waals surface area (Å²) in [5.41, 5.74) is -8.50. The van der Waals surface area contributed by atoms with Gasteiger partial charge in [0, 0.05) is 50.2 Å². The molecule has 1 aromatic carbocycles. The molecule has 0 unspecified atom stereocenters. The van der Waals surface area contributed by atoms with Crippen molar-refractivity contribution in [3.05, 3.63) is 34.9 Å². The van der Waals surface area contributed by atoms with Gasteiger partial charge < -0.3 is 9.84 Å². The van der Waals surface area contributed by atoms with E-state index in [0.29, 0.717) is 0 Å². The van der Waals surface area contributed by atoms with Crippen LogP contribution in [0, 0.1) is 5.89 Å². The lowest BCUT2D eigenvalue weighted by atomic mass is 9.68. The van der Waals surface area contributed by atoms with E-state index in [1.54, 1.807) is 0 Å². The molecule has 0 spiro atoms. The number of aromatic hydroxyl groups is 1. The summed E-state index contributed by atoms with van der Waals surface area (Å²) in [6.45, 7) is -15.8. The van der Waals surface area contributed by atoms with Gasteiger partial charge in [-0.3, -0.25) is 0 Å². The van der Waals surface area contributed by atoms with Crippen molar-refractivity contribution in [3.8, 4) is 11.5 Å². The number of allylic oxidation sites excluding steroid dienone is 2. The van der Waals surface area contributed by atoms with Crippen LogP contribution >= 0.6 is 0 Å². The van der Waals surface area contributed by atoms with Crippen LogP contribution < -0.4 is 4.74 Å². The van der Waals surface area contributed by atoms with E-state index in [-0.39, 0.29) is 6.07 Å². The third-order valence-corrected chi connectivity index (χ3v) is 3.17. The lowest BCUT2D eigenvalue weighted by Crippen LogP contribution is -2.45. The van der Waals surface area contributed by atoms with Crippen molar-refractivity contribution in [1.82, 2.24) is 0 Å². The van der Waals surface area contributed by atoms with Gasteiger partial charge in [-0.05, 0) is 63.8 Å². The molecular weight excluding hydrogens is 284 g/mol. The fourth-order valence-electron chi connectivity index (χ4n) is 2.29. The Labute approximate surface area is 177 Å². The Morgan fingerprint density at radius 1 is 1.57 bits per heavy atom. The van der Waals surface area contributed by atoms with Gasteiger partial charge in [0.25, 0.3) is 0 Å². The highest BCUT2D eigenvalue weighted by Crippen LogP contribution is 2.53. The smallest absolute Gasteiger partial charge is 0.127 e. The molecule has 2 heteroatoms. The molecule has 0 saturated heterocycles. The van der Waals surface area contributed by atoms with Gasteiger partial charge in [-0.25, -0.2) is 0 Å². The Balaban J connectivity index is 2.68. The van der Waals surface area contributed by atoms with Crippen LogP contribution in [0.5, 0.6) is 11.5 Å². The number of hydrogen-bond acceptors (Lipinski definition) is 2. The first-order valence-corrected chi connectivity index (χ1v) is 6.42. The van der Waals surface area contributed by atoms with Crippen LogP contribution in [0.3, 0.4) is 0 Å². The van der Waals surface area contributed by atoms with Crippen LogP contribution in [-0.4, -0.2) is 10.7 Å². The molecule has 0 fully saturated rings. The van der Waals surface area contributed by atoms with Crippen LogP contribution in [0.1, 0.15) is 112 Å². The molecule has 1 aliphatic heterocycles. The maximum absolute atomic E-state index is 11.3. The monoisotopic (exact) mass is 340 g/mol. The van der Waals surface area contributed by atoms with Crippen molar-refractivity contribution in [2.45, 2.75) is 77.2 Å². The zero-order chi connectivity index (χ0) is 39.2. The minimum Gasteiger partial charge on any atom is -0.507 e. The fraction of sp³-hybridized carbons (Fsp3) is 0.619. The number of aryl methyl sites for hydroxylation is 1. The second-order valence-corrected chi connectivity index (χ2v) is 4.76. The lowest BCUT2D eigenvalue weighted by Gasteiger charge is -2.46. The Morgan fingerprint density at radius 3 is 3.26 bits per heavy atom. The van der Waals surface area contributed by atoms with Crippen LogP contribution in [0.4, 0.5) is 0 Å². The summed E-state index contributed by atoms with van der Waals surface area (Å²) in [4.78, 5) is 0. The number of hydrogen-bond donors (Lipinski definition) is 1. The lowest BCUT2D eigenvalue weighted by molar-refractivity contribution is 0.0107. The maximum Gasteiger partial charge on any atom is 0.127 e. The second-order valence-electron chi connectivity index (χ2n) is 4.76. The van der Waals surface area contributed by atoms with E-state index in [0.717, 1.165) is 0 Å². The van der Waals surface area contributed by atoms with E-state index in [1.807, 2.05) is 0 Å². The van der Waals surface area contributed by atoms with E-state index in [2.05, 4.69) is 0 Å². The fourth-order valence-corrected chi connectivity index (χ4v) is 2.29. The summed E-state index contributed by atoms with van der Waals surface area (Å²) in [7, 11) is 0. The zero-order valence-corrected chi connectivity index (χ0v) is 11.6. The van der Waals surface area contributed by atoms with Gasteiger partial charge >= 0.3 is 0 Å². The number of rotatable bonds is 4. The molecule has 0 bridgehead atoms. The average Bonchev–Trinajstić information content (AvgIpc) is 2.86. The van der Waals surface area contributed by atoms with E-state index >= 15 is 0 Å². The van der Waals surface area contributed by atoms with Crippen molar-refractivity contribution in [3.63, 3.8) is 0 Å². The molecule has 1 N–H and O–H groups in total. The second kappa shape index (κ2) is 6.22. The SMILES string of the molecule is [2H]C1=C(C([2H])([2H])[2H])CC([2H])([2H])[C@@]2([2H])C(C([2H])([2H])[2H])(C([2H])([2H])[2H])Oc3cc(C([2H])([2H])C([2H])([2H])C([2H])([2H])C([2H])([2H])C([2H])([2H])[2H])c([2H])c(O)c3[C@]12[2H]. The molecule has 3 rings (SSSR count). The summed E-state index contributed by atoms with van der Waals surface area (Å²) < 4.78 is 219. The van der Waals surface area contributed by atoms with Crippen molar-refractivity contribution < 1.29 is 45.5 Å². The standard InChI is InChI=1S/C21H30O2/c1-5-6-7-8-15-12-18(22)20-16-11-14(2)9-10-17(16)21(3,4)23-19(20)13-15/h11-13,16-17,22H,5-10H2,1-4H3/t16-,17-/m1/s1/i1D3,2D3,3D3,4D3,5D2,6D2,7D2,8D2,10D2,11D,12D,16D,17D. The van der Waals surface area contributed by atoms with Crippen LogP contribution in [0.25, 0.3) is 0 Å². The molecule has 0 amide bonds. The van der Waals surface area contributed by atoms with E-state index in [1.165, 1.54) is 0 Å². The molecule has 1 aromatic rings. The summed E-state index contributed by atoms with van der Waals surface area (Å²) in [6, 6.07) is -3.13. The summed E-state index contributed by atoms with van der Waals surface area (Å²) in [6.07, 6.45) is -22.1. The van der Waals surface area contributed by atoms with Crippen LogP contribution in [0.2, 0.25) is 0 Å². The highest BCUT2D eigenvalue weighted by atomic mass is 16.5. The Hall–Kier alpha value is -1.44. The predicted octanol–water partition coefficient (Wildman–Crippen LogP) is 5.74. The van der Waals surface area contributed by atoms with Crippen molar-refractivity contribution >= 4 is 0 Å². The van der Waals surface area contributed by atoms with Gasteiger partial charge in [0.05, 0.1) is 2.74 Å². The number of phenols is 1. The van der Waals surface area contributed by atoms with Gasteiger partial charge in [0.1, 0.15) is 17.1 Å². The molecule has 126 valence electrons. The van der Waals surface area contributed by atoms with Gasteiger partial charge in [-0.1, -0.05) is 31.2 Å². The molecule has 23 heavy (non-hydrogen) atoms. The first kappa shape index (κ1) is 3.71. The van der Waals surface area contributed by atoms with Gasteiger partial charge in [-0.15, -0.1) is 0 Å². The number of phenolic OH excluding ortho intramolecular Hbond substituents is 1. The van der Waals surface area contributed by atoms with Crippen molar-refractivity contribution in [2.24, 2.45) is 5.89 Å². The zero-order valence-electron chi connectivity index (χ0n) is 37.6. The third-order valence-electron chi connectivity index (χ3n) is 3.17. The molecular formula is C21H30O2. The van der Waals surface area contributed by atoms with Gasteiger partial charge in [0.15, 0.2) is 0 Å². The quantitative estimate of drug-likeness (QED) is 0.709. The minimum atomic E-state index is -4.33. The highest BCUT2D eigenvalue weighted by Gasteiger charge is 2.45. The number of benzene rings is 1. The first-order valence-electron chi connectivity index (χ1n) is 19.4. The van der Waals surface area contributed by atoms with Crippen LogP contribution in [-0.2, 0) is 6.37 Å². The van der Waals surface area contributed by atoms with Crippen molar-refractivity contribution in [2.75, 3.05) is 0 Å². The Kier molecular flexibility index (Phi) is 1.00. The molecule has 0 radical (unpaired) electrons. The highest BCUT2D eigenvalue weighted by molar-refractivity contribution is 5.53. The molecule has 2 aliphatic rings. The molecule has 0 aromatic heterocycles. The molecule has 1 heterocycles. The van der Waals surface area contributed by atoms with Crippen molar-refractivity contribution in [1.29, 1.82) is 0 Å². The molecule has 2 nitrogen and oxygen atoms in total. The predicted molar refractivity (Wildman–Crippen MR) is 95.3 cm³/mol. The first-order chi connectivity index (χ1) is 21.1. The van der Waals surface area contributed by atoms with Gasteiger partial charge in [-0.2, -0.15) is 0 Å². The maximum atomic E-state index is 11.3. The molecule has 2 atom stereocenters. The topological polar surface area (TPSA) is 29.5 Å². The molecule has 1 aliphatic carbocycles. The summed E-state index contributed by atoms with van der Waals surface area (Å²) >= 11 is 0. The average molecular weight is 341 g/mol. The summed E-state index contributed by atoms with van der Waals surface area (Å²) in [5.74, 6) is -11.3. The normalized spacial score (nSPS) is 55.5. The summed E-state index contributed by atoms with van der Waals surface area (Å²) in [5, 5.41) is 11.3.